The zero-order valence-electron chi connectivity index (χ0n) is 15.7. The summed E-state index contributed by atoms with van der Waals surface area (Å²) in [5, 5.41) is 46.6. The van der Waals surface area contributed by atoms with Crippen molar-refractivity contribution in [3.05, 3.63) is 82.9 Å². The van der Waals surface area contributed by atoms with Crippen LogP contribution >= 0.6 is 0 Å². The van der Waals surface area contributed by atoms with Crippen LogP contribution in [0.4, 0.5) is 0 Å². The molecule has 0 saturated heterocycles. The number of hydrogen-bond acceptors (Lipinski definition) is 4. The molecule has 0 aromatic heterocycles. The molecule has 0 amide bonds. The van der Waals surface area contributed by atoms with Crippen LogP contribution in [0.25, 0.3) is 21.5 Å². The molecule has 0 radical (unpaired) electrons. The van der Waals surface area contributed by atoms with E-state index in [1.165, 1.54) is 12.1 Å². The third-order valence-electron chi connectivity index (χ3n) is 5.01. The predicted molar refractivity (Wildman–Crippen MR) is 104 cm³/mol. The Hall–Kier alpha value is -3.44. The van der Waals surface area contributed by atoms with Gasteiger partial charge < -0.3 is 20.4 Å². The van der Waals surface area contributed by atoms with Crippen molar-refractivity contribution in [3.8, 4) is 11.5 Å². The van der Waals surface area contributed by atoms with Crippen LogP contribution in [0.5, 0.6) is 11.5 Å². The van der Waals surface area contributed by atoms with Gasteiger partial charge in [-0.15, -0.1) is 11.5 Å². The maximum Gasteiger partial charge on any atom is 2.00 e. The number of hydrogen-bond donors (Lipinski definition) is 2. The molecule has 4 aromatic carbocycles. The van der Waals surface area contributed by atoms with E-state index in [1.54, 1.807) is 48.5 Å². The molecule has 144 valence electrons. The summed E-state index contributed by atoms with van der Waals surface area (Å²) in [7, 11) is 0. The van der Waals surface area contributed by atoms with E-state index < -0.39 is 23.4 Å². The van der Waals surface area contributed by atoms with Gasteiger partial charge >= 0.3 is 31.4 Å². The molecule has 0 unspecified atom stereocenters. The average Bonchev–Trinajstić information content (AvgIpc) is 2.68. The van der Waals surface area contributed by atoms with Gasteiger partial charge in [0, 0.05) is 0 Å². The number of carboxylic acids is 2. The molecule has 4 rings (SSSR count). The van der Waals surface area contributed by atoms with Gasteiger partial charge in [0.25, 0.3) is 0 Å². The minimum Gasteiger partial charge on any atom is -0.872 e. The smallest absolute Gasteiger partial charge is 0.872 e. The molecule has 0 bridgehead atoms. The van der Waals surface area contributed by atoms with Gasteiger partial charge in [-0.05, 0) is 39.1 Å². The first kappa shape index (κ1) is 21.3. The molecule has 0 aliphatic rings. The van der Waals surface area contributed by atoms with Gasteiger partial charge in [-0.2, -0.15) is 0 Å². The molecule has 4 aromatic rings. The monoisotopic (exact) mass is 450 g/mol. The largest absolute Gasteiger partial charge is 2.00 e. The Morgan fingerprint density at radius 3 is 1.43 bits per heavy atom. The molecule has 0 aliphatic heterocycles. The average molecular weight is 452 g/mol. The van der Waals surface area contributed by atoms with Crippen LogP contribution in [0.3, 0.4) is 0 Å². The summed E-state index contributed by atoms with van der Waals surface area (Å²) in [6.07, 6.45) is -0.378. The van der Waals surface area contributed by atoms with Gasteiger partial charge in [0.05, 0.1) is 11.1 Å². The quantitative estimate of drug-likeness (QED) is 0.460. The molecular weight excluding hydrogens is 438 g/mol. The second-order valence-corrected chi connectivity index (χ2v) is 6.69. The molecule has 0 heterocycles. The zero-order valence-corrected chi connectivity index (χ0v) is 18.7. The maximum atomic E-state index is 12.7. The maximum absolute atomic E-state index is 12.7. The summed E-state index contributed by atoms with van der Waals surface area (Å²) >= 11 is 0. The third-order valence-corrected chi connectivity index (χ3v) is 5.01. The van der Waals surface area contributed by atoms with Crippen LogP contribution in [-0.4, -0.2) is 22.2 Å². The second kappa shape index (κ2) is 8.13. The summed E-state index contributed by atoms with van der Waals surface area (Å²) in [4.78, 5) is 23.9. The van der Waals surface area contributed by atoms with Crippen molar-refractivity contribution in [2.24, 2.45) is 0 Å². The molecule has 0 spiro atoms. The van der Waals surface area contributed by atoms with E-state index in [0.29, 0.717) is 21.5 Å². The summed E-state index contributed by atoms with van der Waals surface area (Å²) < 4.78 is 0. The summed E-state index contributed by atoms with van der Waals surface area (Å²) in [5.41, 5.74) is -0.633. The Labute approximate surface area is 183 Å². The molecule has 0 fully saturated rings. The van der Waals surface area contributed by atoms with Crippen LogP contribution < -0.4 is 10.2 Å². The standard InChI is InChI=1S/C23H16O6.Zn/c24-18-9-12-5-1-3-7-14(12)20(22(26)27)16(18)11-17-19(25)10-13-6-2-4-8-15(13)21(17)23(28)29;/h1-10,24-25H,11H2,(H,26,27)(H,28,29);/q;+2/p-2. The van der Waals surface area contributed by atoms with Gasteiger partial charge in [-0.25, -0.2) is 9.59 Å². The molecule has 30 heavy (non-hydrogen) atoms. The first-order chi connectivity index (χ1) is 13.9. The molecular formula is C23H14O6Zn. The molecule has 0 atom stereocenters. The van der Waals surface area contributed by atoms with Crippen molar-refractivity contribution in [2.75, 3.05) is 0 Å². The Morgan fingerprint density at radius 1 is 0.700 bits per heavy atom. The summed E-state index contributed by atoms with van der Waals surface area (Å²) in [6.45, 7) is 0. The SMILES string of the molecule is O=C(O)c1c(Cc2c([O-])cc3ccccc3c2C(=O)O)c([O-])cc2ccccc12.[Zn+2]. The minimum absolute atomic E-state index is 0. The molecule has 0 aliphatic carbocycles. The first-order valence-electron chi connectivity index (χ1n) is 8.78. The predicted octanol–water partition coefficient (Wildman–Crippen LogP) is 3.12. The number of aromatic carboxylic acids is 2. The van der Waals surface area contributed by atoms with E-state index in [2.05, 4.69) is 0 Å². The first-order valence-corrected chi connectivity index (χ1v) is 8.78. The molecule has 2 N–H and O–H groups in total. The van der Waals surface area contributed by atoms with Gasteiger partial charge in [-0.3, -0.25) is 0 Å². The van der Waals surface area contributed by atoms with Gasteiger partial charge in [0.2, 0.25) is 0 Å². The van der Waals surface area contributed by atoms with Crippen molar-refractivity contribution in [2.45, 2.75) is 6.42 Å². The summed E-state index contributed by atoms with van der Waals surface area (Å²) in [6, 6.07) is 15.7. The zero-order chi connectivity index (χ0) is 20.7. The van der Waals surface area contributed by atoms with E-state index in [-0.39, 0.29) is 48.2 Å². The van der Waals surface area contributed by atoms with Crippen LogP contribution in [0.1, 0.15) is 31.8 Å². The van der Waals surface area contributed by atoms with E-state index in [4.69, 9.17) is 0 Å². The number of benzene rings is 4. The molecule has 0 saturated carbocycles. The van der Waals surface area contributed by atoms with E-state index in [9.17, 15) is 30.0 Å². The van der Waals surface area contributed by atoms with Crippen molar-refractivity contribution in [3.63, 3.8) is 0 Å². The van der Waals surface area contributed by atoms with E-state index in [1.807, 2.05) is 0 Å². The Bertz CT molecular complexity index is 1210. The van der Waals surface area contributed by atoms with Crippen LogP contribution in [0, 0.1) is 0 Å². The van der Waals surface area contributed by atoms with Crippen molar-refractivity contribution >= 4 is 33.5 Å². The Balaban J connectivity index is 0.00000256. The van der Waals surface area contributed by atoms with Crippen LogP contribution in [-0.2, 0) is 25.9 Å². The fraction of sp³-hybridized carbons (Fsp3) is 0.0435. The number of fused-ring (bicyclic) bond motifs is 2. The Kier molecular flexibility index (Phi) is 5.76. The summed E-state index contributed by atoms with van der Waals surface area (Å²) in [5.74, 6) is -3.71. The van der Waals surface area contributed by atoms with Gasteiger partial charge in [-0.1, -0.05) is 60.7 Å². The van der Waals surface area contributed by atoms with Crippen LogP contribution in [0.2, 0.25) is 0 Å². The Morgan fingerprint density at radius 2 is 1.07 bits per heavy atom. The topological polar surface area (TPSA) is 121 Å². The third kappa shape index (κ3) is 3.48. The number of rotatable bonds is 4. The van der Waals surface area contributed by atoms with Crippen LogP contribution in [0.15, 0.2) is 60.7 Å². The van der Waals surface area contributed by atoms with Crippen molar-refractivity contribution in [1.82, 2.24) is 0 Å². The van der Waals surface area contributed by atoms with E-state index >= 15 is 0 Å². The fourth-order valence-electron chi connectivity index (χ4n) is 3.75. The van der Waals surface area contributed by atoms with E-state index in [0.717, 1.165) is 0 Å². The van der Waals surface area contributed by atoms with Crippen molar-refractivity contribution < 1.29 is 49.5 Å². The minimum atomic E-state index is -1.31. The molecule has 7 heteroatoms. The normalized spacial score (nSPS) is 10.7. The van der Waals surface area contributed by atoms with Gasteiger partial charge in [0.15, 0.2) is 0 Å². The van der Waals surface area contributed by atoms with Crippen molar-refractivity contribution in [1.29, 1.82) is 0 Å². The number of carboxylic acid groups (broad SMARTS) is 2. The fourth-order valence-corrected chi connectivity index (χ4v) is 3.75. The number of carbonyl (C=O) groups is 2. The molecule has 6 nitrogen and oxygen atoms in total. The second-order valence-electron chi connectivity index (χ2n) is 6.69. The van der Waals surface area contributed by atoms with Gasteiger partial charge in [0.1, 0.15) is 0 Å².